The number of nitrogens with zero attached hydrogens (tertiary/aromatic N) is 2. The van der Waals surface area contributed by atoms with Gasteiger partial charge < -0.3 is 15.4 Å². The van der Waals surface area contributed by atoms with Gasteiger partial charge in [-0.3, -0.25) is 19.5 Å². The molecule has 0 spiro atoms. The lowest BCUT2D eigenvalue weighted by Gasteiger charge is -2.26. The fourth-order valence-corrected chi connectivity index (χ4v) is 3.50. The number of aromatic nitrogens is 1. The van der Waals surface area contributed by atoms with Crippen LogP contribution in [0.25, 0.3) is 0 Å². The quantitative estimate of drug-likeness (QED) is 0.783. The van der Waals surface area contributed by atoms with Gasteiger partial charge >= 0.3 is 0 Å². The van der Waals surface area contributed by atoms with Crippen LogP contribution in [0.2, 0.25) is 0 Å². The molecule has 29 heavy (non-hydrogen) atoms. The van der Waals surface area contributed by atoms with Crippen molar-refractivity contribution in [2.75, 3.05) is 44.7 Å². The Morgan fingerprint density at radius 2 is 1.76 bits per heavy atom. The minimum Gasteiger partial charge on any atom is -0.379 e. The molecule has 2 aromatic rings. The molecule has 2 amide bonds. The number of hydrogen-bond acceptors (Lipinski definition) is 5. The number of nitrogens with one attached hydrogen (secondary N) is 2. The summed E-state index contributed by atoms with van der Waals surface area (Å²) in [5.41, 5.74) is 4.60. The maximum absolute atomic E-state index is 12.7. The van der Waals surface area contributed by atoms with E-state index in [0.29, 0.717) is 12.1 Å². The van der Waals surface area contributed by atoms with Gasteiger partial charge in [0.1, 0.15) is 5.69 Å². The van der Waals surface area contributed by atoms with E-state index in [2.05, 4.69) is 20.5 Å². The maximum atomic E-state index is 12.7. The Balaban J connectivity index is 1.61. The smallest absolute Gasteiger partial charge is 0.269 e. The molecule has 154 valence electrons. The topological polar surface area (TPSA) is 83.6 Å². The molecule has 1 saturated heterocycles. The highest BCUT2D eigenvalue weighted by atomic mass is 16.5. The Labute approximate surface area is 171 Å². The predicted octanol–water partition coefficient (Wildman–Crippen LogP) is 2.32. The van der Waals surface area contributed by atoms with Gasteiger partial charge in [-0.2, -0.15) is 0 Å². The third-order valence-corrected chi connectivity index (χ3v) is 4.99. The highest BCUT2D eigenvalue weighted by molar-refractivity contribution is 6.06. The van der Waals surface area contributed by atoms with Crippen molar-refractivity contribution < 1.29 is 14.3 Å². The Morgan fingerprint density at radius 1 is 1.07 bits per heavy atom. The van der Waals surface area contributed by atoms with Crippen molar-refractivity contribution in [1.82, 2.24) is 15.2 Å². The van der Waals surface area contributed by atoms with E-state index in [4.69, 9.17) is 4.74 Å². The zero-order chi connectivity index (χ0) is 20.8. The normalized spacial score (nSPS) is 14.4. The van der Waals surface area contributed by atoms with Gasteiger partial charge in [0.25, 0.3) is 11.8 Å². The molecule has 2 heterocycles. The van der Waals surface area contributed by atoms with Crippen molar-refractivity contribution in [3.63, 3.8) is 0 Å². The third kappa shape index (κ3) is 5.62. The van der Waals surface area contributed by atoms with Gasteiger partial charge in [0.2, 0.25) is 0 Å². The van der Waals surface area contributed by atoms with Crippen molar-refractivity contribution in [2.45, 2.75) is 20.8 Å². The summed E-state index contributed by atoms with van der Waals surface area (Å²) < 4.78 is 5.32. The number of anilines is 1. The molecule has 7 nitrogen and oxygen atoms in total. The molecule has 0 atom stereocenters. The van der Waals surface area contributed by atoms with Gasteiger partial charge in [0.15, 0.2) is 0 Å². The van der Waals surface area contributed by atoms with E-state index in [-0.39, 0.29) is 17.5 Å². The molecule has 1 aromatic carbocycles. The Kier molecular flexibility index (Phi) is 6.95. The van der Waals surface area contributed by atoms with Gasteiger partial charge in [-0.25, -0.2) is 0 Å². The van der Waals surface area contributed by atoms with E-state index in [9.17, 15) is 9.59 Å². The molecule has 0 bridgehead atoms. The number of hydrogen-bond donors (Lipinski definition) is 2. The van der Waals surface area contributed by atoms with Crippen molar-refractivity contribution in [1.29, 1.82) is 0 Å². The van der Waals surface area contributed by atoms with Crippen LogP contribution in [0.5, 0.6) is 0 Å². The zero-order valence-electron chi connectivity index (χ0n) is 17.2. The number of amides is 2. The molecule has 2 N–H and O–H groups in total. The van der Waals surface area contributed by atoms with E-state index in [1.165, 1.54) is 12.3 Å². The van der Waals surface area contributed by atoms with Crippen molar-refractivity contribution in [3.8, 4) is 0 Å². The summed E-state index contributed by atoms with van der Waals surface area (Å²) in [6.45, 7) is 10.5. The first-order valence-corrected chi connectivity index (χ1v) is 9.87. The van der Waals surface area contributed by atoms with E-state index in [0.717, 1.165) is 55.2 Å². The number of carbonyl (C=O) groups excluding carboxylic acids is 2. The van der Waals surface area contributed by atoms with Crippen LogP contribution in [0, 0.1) is 20.8 Å². The van der Waals surface area contributed by atoms with Gasteiger partial charge in [0, 0.05) is 43.6 Å². The van der Waals surface area contributed by atoms with E-state index < -0.39 is 0 Å². The fraction of sp³-hybridized carbons (Fsp3) is 0.409. The Bertz CT molecular complexity index is 868. The minimum absolute atomic E-state index is 0.233. The first-order valence-electron chi connectivity index (χ1n) is 9.87. The van der Waals surface area contributed by atoms with Gasteiger partial charge in [-0.15, -0.1) is 0 Å². The summed E-state index contributed by atoms with van der Waals surface area (Å²) >= 11 is 0. The number of ether oxygens (including phenoxy) is 1. The highest BCUT2D eigenvalue weighted by Crippen LogP contribution is 2.22. The van der Waals surface area contributed by atoms with Crippen LogP contribution in [0.15, 0.2) is 30.5 Å². The summed E-state index contributed by atoms with van der Waals surface area (Å²) in [7, 11) is 0. The Hall–Kier alpha value is -2.77. The van der Waals surface area contributed by atoms with Crippen molar-refractivity contribution >= 4 is 17.5 Å². The SMILES string of the molecule is Cc1cc(C)c(NC(=O)c2ccnc(C(=O)NCCN3CCOCC3)c2)c(C)c1. The second-order valence-electron chi connectivity index (χ2n) is 7.37. The zero-order valence-corrected chi connectivity index (χ0v) is 17.2. The number of pyridine rings is 1. The number of aryl methyl sites for hydroxylation is 3. The summed E-state index contributed by atoms with van der Waals surface area (Å²) in [6, 6.07) is 7.20. The average Bonchev–Trinajstić information content (AvgIpc) is 2.71. The standard InChI is InChI=1S/C22H28N4O3/c1-15-12-16(2)20(17(3)13-15)25-21(27)18-4-5-23-19(14-18)22(28)24-6-7-26-8-10-29-11-9-26/h4-5,12-14H,6-11H2,1-3H3,(H,24,28)(H,25,27). The van der Waals surface area contributed by atoms with Crippen molar-refractivity contribution in [2.24, 2.45) is 0 Å². The average molecular weight is 396 g/mol. The number of rotatable bonds is 6. The van der Waals surface area contributed by atoms with Crippen molar-refractivity contribution in [3.05, 3.63) is 58.4 Å². The molecule has 0 unspecified atom stereocenters. The second kappa shape index (κ2) is 9.62. The molecule has 7 heteroatoms. The summed E-state index contributed by atoms with van der Waals surface area (Å²) in [5, 5.41) is 5.83. The first-order chi connectivity index (χ1) is 13.9. The summed E-state index contributed by atoms with van der Waals surface area (Å²) in [5.74, 6) is -0.541. The van der Waals surface area contributed by atoms with Crippen LogP contribution in [0.4, 0.5) is 5.69 Å². The predicted molar refractivity (Wildman–Crippen MR) is 112 cm³/mol. The molecule has 1 fully saturated rings. The molecule has 0 aliphatic carbocycles. The summed E-state index contributed by atoms with van der Waals surface area (Å²) in [6.07, 6.45) is 1.49. The maximum Gasteiger partial charge on any atom is 0.269 e. The highest BCUT2D eigenvalue weighted by Gasteiger charge is 2.15. The Morgan fingerprint density at radius 3 is 2.45 bits per heavy atom. The van der Waals surface area contributed by atoms with Gasteiger partial charge in [0.05, 0.1) is 13.2 Å². The lowest BCUT2D eigenvalue weighted by molar-refractivity contribution is 0.0383. The third-order valence-electron chi connectivity index (χ3n) is 4.99. The molecular formula is C22H28N4O3. The number of benzene rings is 1. The molecule has 0 radical (unpaired) electrons. The van der Waals surface area contributed by atoms with Crippen LogP contribution < -0.4 is 10.6 Å². The summed E-state index contributed by atoms with van der Waals surface area (Å²) in [4.78, 5) is 31.5. The molecule has 1 aromatic heterocycles. The monoisotopic (exact) mass is 396 g/mol. The van der Waals surface area contributed by atoms with Crippen LogP contribution in [-0.2, 0) is 4.74 Å². The molecule has 1 aliphatic rings. The first kappa shape index (κ1) is 21.0. The lowest BCUT2D eigenvalue weighted by Crippen LogP contribution is -2.41. The van der Waals surface area contributed by atoms with Crippen LogP contribution in [0.1, 0.15) is 37.5 Å². The van der Waals surface area contributed by atoms with E-state index >= 15 is 0 Å². The largest absolute Gasteiger partial charge is 0.379 e. The number of morpholine rings is 1. The van der Waals surface area contributed by atoms with Gasteiger partial charge in [-0.05, 0) is 44.0 Å². The molecular weight excluding hydrogens is 368 g/mol. The van der Waals surface area contributed by atoms with E-state index in [1.807, 2.05) is 32.9 Å². The van der Waals surface area contributed by atoms with Gasteiger partial charge in [-0.1, -0.05) is 17.7 Å². The van der Waals surface area contributed by atoms with E-state index in [1.54, 1.807) is 6.07 Å². The van der Waals surface area contributed by atoms with Crippen LogP contribution >= 0.6 is 0 Å². The minimum atomic E-state index is -0.282. The van der Waals surface area contributed by atoms with Crippen LogP contribution in [0.3, 0.4) is 0 Å². The van der Waals surface area contributed by atoms with Crippen LogP contribution in [-0.4, -0.2) is 61.1 Å². The molecule has 3 rings (SSSR count). The molecule has 1 aliphatic heterocycles. The lowest BCUT2D eigenvalue weighted by atomic mass is 10.0. The molecule has 0 saturated carbocycles. The second-order valence-corrected chi connectivity index (χ2v) is 7.37. The fourth-order valence-electron chi connectivity index (χ4n) is 3.50. The number of carbonyl (C=O) groups is 2.